The zero-order chi connectivity index (χ0) is 30.7. The minimum absolute atomic E-state index is 0.364. The van der Waals surface area contributed by atoms with Crippen LogP contribution in [0.5, 0.6) is 0 Å². The molecule has 2 aromatic carbocycles. The average molecular weight is 599 g/mol. The Labute approximate surface area is 274 Å². The fraction of sp³-hybridized carbons (Fsp3) is 0.227. The second-order valence-corrected chi connectivity index (χ2v) is 13.1. The minimum Gasteiger partial charge on any atom is -0.361 e. The smallest absolute Gasteiger partial charge is 0.0514 e. The van der Waals surface area contributed by atoms with Crippen molar-refractivity contribution in [1.82, 2.24) is 4.90 Å². The van der Waals surface area contributed by atoms with Crippen molar-refractivity contribution in [1.29, 1.82) is 0 Å². The lowest BCUT2D eigenvalue weighted by Gasteiger charge is -2.42. The molecule has 0 saturated carbocycles. The zero-order valence-electron chi connectivity index (χ0n) is 26.5. The lowest BCUT2D eigenvalue weighted by molar-refractivity contribution is 0.236. The fourth-order valence-corrected chi connectivity index (χ4v) is 7.79. The summed E-state index contributed by atoms with van der Waals surface area (Å²) in [6.45, 7) is 0. The molecule has 6 aliphatic carbocycles. The Morgan fingerprint density at radius 2 is 1.39 bits per heavy atom. The van der Waals surface area contributed by atoms with E-state index in [0.717, 1.165) is 32.1 Å². The van der Waals surface area contributed by atoms with E-state index in [0.29, 0.717) is 23.9 Å². The Bertz CT molecular complexity index is 1800. The van der Waals surface area contributed by atoms with Gasteiger partial charge in [0.05, 0.1) is 12.1 Å². The van der Waals surface area contributed by atoms with Crippen LogP contribution in [0.2, 0.25) is 0 Å². The molecule has 0 fully saturated rings. The number of allylic oxidation sites excluding steroid dienone is 17. The summed E-state index contributed by atoms with van der Waals surface area (Å²) in [4.78, 5) is 5.11. The van der Waals surface area contributed by atoms with Crippen molar-refractivity contribution in [3.05, 3.63) is 186 Å². The summed E-state index contributed by atoms with van der Waals surface area (Å²) >= 11 is 0. The first kappa shape index (κ1) is 28.6. The van der Waals surface area contributed by atoms with Crippen LogP contribution < -0.4 is 4.90 Å². The molecule has 2 nitrogen and oxygen atoms in total. The normalized spacial score (nSPS) is 25.9. The number of rotatable bonds is 7. The van der Waals surface area contributed by atoms with E-state index in [4.69, 9.17) is 0 Å². The maximum atomic E-state index is 2.72. The van der Waals surface area contributed by atoms with Gasteiger partial charge in [-0.3, -0.25) is 0 Å². The minimum atomic E-state index is 0.364. The van der Waals surface area contributed by atoms with E-state index in [9.17, 15) is 0 Å². The molecule has 0 aliphatic heterocycles. The van der Waals surface area contributed by atoms with Crippen molar-refractivity contribution in [2.75, 3.05) is 4.90 Å². The van der Waals surface area contributed by atoms with Crippen LogP contribution in [0.25, 0.3) is 5.57 Å². The first-order valence-electron chi connectivity index (χ1n) is 17.1. The number of anilines is 2. The number of fused-ring (bicyclic) bond motifs is 1. The standard InChI is InChI=1S/C44H42N2/c1-3-15-39(16-4-1)45(43-29-23-33-11-7-9-13-37(33)31-43)41-25-19-35(20-26-41)36-21-27-42(28-22-36)46(40-17-5-2-6-18-40)44-30-24-34-12-8-10-14-38(34)32-44/h1-9,11-13,15-17,19-23,25-27,29,31-33,37,40,42H,10,14,18,24,28,30H2. The average Bonchev–Trinajstić information content (AvgIpc) is 3.13. The SMILES string of the molecule is C1=CCC(N(C2=CC3=C(C=CCC3)CC2)C2C=CC(c3ccc(N(C4=CC5C=CC=CC5C=C4)c4ccccc4)cc3)=CC2)C=C1. The third-order valence-corrected chi connectivity index (χ3v) is 10.2. The van der Waals surface area contributed by atoms with E-state index < -0.39 is 0 Å². The van der Waals surface area contributed by atoms with Gasteiger partial charge in [-0.25, -0.2) is 0 Å². The lowest BCUT2D eigenvalue weighted by atomic mass is 9.84. The molecule has 0 saturated heterocycles. The molecule has 4 atom stereocenters. The van der Waals surface area contributed by atoms with Crippen molar-refractivity contribution in [2.45, 2.75) is 50.6 Å². The van der Waals surface area contributed by atoms with Crippen molar-refractivity contribution in [2.24, 2.45) is 11.8 Å². The third kappa shape index (κ3) is 5.81. The van der Waals surface area contributed by atoms with Crippen molar-refractivity contribution in [3.63, 3.8) is 0 Å². The quantitative estimate of drug-likeness (QED) is 0.313. The monoisotopic (exact) mass is 598 g/mol. The van der Waals surface area contributed by atoms with Gasteiger partial charge in [-0.1, -0.05) is 121 Å². The Kier molecular flexibility index (Phi) is 8.02. The van der Waals surface area contributed by atoms with E-state index in [1.807, 2.05) is 0 Å². The molecule has 0 amide bonds. The van der Waals surface area contributed by atoms with Gasteiger partial charge in [0.2, 0.25) is 0 Å². The molecule has 4 unspecified atom stereocenters. The molecule has 0 spiro atoms. The lowest BCUT2D eigenvalue weighted by Crippen LogP contribution is -2.41. The summed E-state index contributed by atoms with van der Waals surface area (Å²) in [5.41, 5.74) is 10.8. The maximum absolute atomic E-state index is 2.72. The summed E-state index contributed by atoms with van der Waals surface area (Å²) in [7, 11) is 0. The first-order valence-corrected chi connectivity index (χ1v) is 17.1. The molecule has 8 rings (SSSR count). The largest absolute Gasteiger partial charge is 0.361 e. The Morgan fingerprint density at radius 3 is 2.20 bits per heavy atom. The summed E-state index contributed by atoms with van der Waals surface area (Å²) in [6.07, 6.45) is 46.3. The molecule has 6 aliphatic rings. The molecule has 0 aromatic heterocycles. The number of nitrogens with zero attached hydrogens (tertiary/aromatic N) is 2. The summed E-state index contributed by atoms with van der Waals surface area (Å²) < 4.78 is 0. The van der Waals surface area contributed by atoms with E-state index >= 15 is 0 Å². The van der Waals surface area contributed by atoms with Crippen LogP contribution in [0.1, 0.15) is 44.1 Å². The van der Waals surface area contributed by atoms with E-state index in [1.54, 1.807) is 11.1 Å². The molecule has 0 bridgehead atoms. The highest BCUT2D eigenvalue weighted by Gasteiger charge is 2.29. The zero-order valence-corrected chi connectivity index (χ0v) is 26.5. The van der Waals surface area contributed by atoms with Crippen LogP contribution in [0.3, 0.4) is 0 Å². The van der Waals surface area contributed by atoms with Crippen LogP contribution in [-0.4, -0.2) is 17.0 Å². The molecular weight excluding hydrogens is 556 g/mol. The number of hydrogen-bond acceptors (Lipinski definition) is 2. The van der Waals surface area contributed by atoms with Crippen molar-refractivity contribution in [3.8, 4) is 0 Å². The van der Waals surface area contributed by atoms with Gasteiger partial charge in [-0.2, -0.15) is 0 Å². The predicted octanol–water partition coefficient (Wildman–Crippen LogP) is 10.9. The van der Waals surface area contributed by atoms with Crippen LogP contribution in [-0.2, 0) is 0 Å². The van der Waals surface area contributed by atoms with Gasteiger partial charge in [-0.05, 0) is 97.2 Å². The van der Waals surface area contributed by atoms with Gasteiger partial charge in [0.25, 0.3) is 0 Å². The highest BCUT2D eigenvalue weighted by atomic mass is 15.2. The molecule has 0 heterocycles. The van der Waals surface area contributed by atoms with Gasteiger partial charge in [0.15, 0.2) is 0 Å². The molecule has 228 valence electrons. The number of hydrogen-bond donors (Lipinski definition) is 0. The summed E-state index contributed by atoms with van der Waals surface area (Å²) in [5, 5.41) is 0. The Hall–Kier alpha value is -4.82. The van der Waals surface area contributed by atoms with E-state index in [2.05, 4.69) is 168 Å². The summed E-state index contributed by atoms with van der Waals surface area (Å²) in [6, 6.07) is 20.7. The van der Waals surface area contributed by atoms with Gasteiger partial charge < -0.3 is 9.80 Å². The molecule has 2 heteroatoms. The highest BCUT2D eigenvalue weighted by molar-refractivity contribution is 5.78. The topological polar surface area (TPSA) is 6.48 Å². The predicted molar refractivity (Wildman–Crippen MR) is 194 cm³/mol. The molecule has 0 radical (unpaired) electrons. The number of para-hydroxylation sites is 1. The van der Waals surface area contributed by atoms with Crippen LogP contribution in [0.4, 0.5) is 11.4 Å². The highest BCUT2D eigenvalue weighted by Crippen LogP contribution is 2.39. The second kappa shape index (κ2) is 12.9. The van der Waals surface area contributed by atoms with Gasteiger partial charge in [0.1, 0.15) is 0 Å². The molecule has 2 aromatic rings. The molecule has 0 N–H and O–H groups in total. The van der Waals surface area contributed by atoms with Gasteiger partial charge in [0, 0.05) is 34.6 Å². The Morgan fingerprint density at radius 1 is 0.587 bits per heavy atom. The number of benzene rings is 2. The third-order valence-electron chi connectivity index (χ3n) is 10.2. The van der Waals surface area contributed by atoms with Crippen LogP contribution >= 0.6 is 0 Å². The van der Waals surface area contributed by atoms with Crippen LogP contribution in [0.15, 0.2) is 180 Å². The Balaban J connectivity index is 1.04. The van der Waals surface area contributed by atoms with E-state index in [1.165, 1.54) is 40.3 Å². The van der Waals surface area contributed by atoms with Gasteiger partial charge >= 0.3 is 0 Å². The second-order valence-electron chi connectivity index (χ2n) is 13.1. The molecule has 46 heavy (non-hydrogen) atoms. The maximum Gasteiger partial charge on any atom is 0.0514 e. The van der Waals surface area contributed by atoms with Crippen LogP contribution in [0, 0.1) is 11.8 Å². The van der Waals surface area contributed by atoms with Gasteiger partial charge in [-0.15, -0.1) is 0 Å². The fourth-order valence-electron chi connectivity index (χ4n) is 7.79. The van der Waals surface area contributed by atoms with E-state index in [-0.39, 0.29) is 0 Å². The summed E-state index contributed by atoms with van der Waals surface area (Å²) in [5.74, 6) is 0.834. The molecular formula is C44H42N2. The first-order chi connectivity index (χ1) is 22.8. The van der Waals surface area contributed by atoms with Crippen molar-refractivity contribution < 1.29 is 0 Å². The van der Waals surface area contributed by atoms with Crippen molar-refractivity contribution >= 4 is 16.9 Å².